The molecular formula is C30H23BrF4O2. The number of halogens is 5. The lowest BCUT2D eigenvalue weighted by Crippen LogP contribution is -2.03. The van der Waals surface area contributed by atoms with Gasteiger partial charge in [-0.2, -0.15) is 0 Å². The molecule has 0 heterocycles. The van der Waals surface area contributed by atoms with Gasteiger partial charge in [0.1, 0.15) is 29.6 Å². The van der Waals surface area contributed by atoms with Crippen molar-refractivity contribution in [2.45, 2.75) is 5.92 Å². The Balaban J connectivity index is 0.000000208. The average molecular weight is 571 g/mol. The monoisotopic (exact) mass is 570 g/mol. The minimum absolute atomic E-state index is 0.342. The molecule has 0 fully saturated rings. The van der Waals surface area contributed by atoms with E-state index >= 15 is 0 Å². The third-order valence-corrected chi connectivity index (χ3v) is 5.54. The maximum atomic E-state index is 13.4. The highest BCUT2D eigenvalue weighted by molar-refractivity contribution is 9.09. The summed E-state index contributed by atoms with van der Waals surface area (Å²) < 4.78 is 58.2. The van der Waals surface area contributed by atoms with Gasteiger partial charge in [-0.25, -0.2) is 17.6 Å². The quantitative estimate of drug-likeness (QED) is 0.0703. The van der Waals surface area contributed by atoms with Gasteiger partial charge in [-0.1, -0.05) is 64.5 Å². The number of carbonyl (C=O) groups excluding carboxylic acids is 1. The standard InChI is InChI=1S/C16H13BrF2O.C14H10F2O/c17-7-8-20-11-16(12-3-1-5-14(18)9-12)13-4-2-6-15(19)10-13;15-12-5-1-3-10(7-12)14(9-17)11-4-2-6-13(16)8-11/h1-6,9-11H,7-8H2;1-9,14H. The molecule has 4 rings (SSSR count). The number of aldehydes is 1. The Bertz CT molecular complexity index is 1260. The van der Waals surface area contributed by atoms with Crippen molar-refractivity contribution in [1.29, 1.82) is 0 Å². The topological polar surface area (TPSA) is 26.3 Å². The summed E-state index contributed by atoms with van der Waals surface area (Å²) in [7, 11) is 0. The molecule has 190 valence electrons. The lowest BCUT2D eigenvalue weighted by Gasteiger charge is -2.11. The van der Waals surface area contributed by atoms with Crippen molar-refractivity contribution in [1.82, 2.24) is 0 Å². The van der Waals surface area contributed by atoms with Gasteiger partial charge in [0.05, 0.1) is 18.8 Å². The number of hydrogen-bond acceptors (Lipinski definition) is 2. The van der Waals surface area contributed by atoms with E-state index < -0.39 is 17.6 Å². The summed E-state index contributed by atoms with van der Waals surface area (Å²) in [6.45, 7) is 0.480. The summed E-state index contributed by atoms with van der Waals surface area (Å²) in [5, 5.41) is 0.684. The van der Waals surface area contributed by atoms with Gasteiger partial charge in [-0.05, 0) is 70.8 Å². The second kappa shape index (κ2) is 14.1. The van der Waals surface area contributed by atoms with E-state index in [0.717, 1.165) is 0 Å². The number of ether oxygens (including phenoxy) is 1. The van der Waals surface area contributed by atoms with Gasteiger partial charge in [0.2, 0.25) is 0 Å². The van der Waals surface area contributed by atoms with Crippen molar-refractivity contribution >= 4 is 27.8 Å². The zero-order chi connectivity index (χ0) is 26.6. The number of alkyl halides is 1. The predicted octanol–water partition coefficient (Wildman–Crippen LogP) is 8.06. The third-order valence-electron chi connectivity index (χ3n) is 5.22. The highest BCUT2D eigenvalue weighted by atomic mass is 79.9. The SMILES string of the molecule is Fc1cccc(C(=COCCBr)c2cccc(F)c2)c1.O=CC(c1cccc(F)c1)c1cccc(F)c1. The zero-order valence-electron chi connectivity index (χ0n) is 19.6. The van der Waals surface area contributed by atoms with E-state index in [2.05, 4.69) is 15.9 Å². The van der Waals surface area contributed by atoms with Crippen LogP contribution in [-0.4, -0.2) is 18.2 Å². The van der Waals surface area contributed by atoms with E-state index in [4.69, 9.17) is 4.74 Å². The maximum Gasteiger partial charge on any atom is 0.131 e. The number of hydrogen-bond donors (Lipinski definition) is 0. The molecule has 0 amide bonds. The normalized spacial score (nSPS) is 10.3. The van der Waals surface area contributed by atoms with Gasteiger partial charge in [-0.15, -0.1) is 0 Å². The number of benzene rings is 4. The molecular weight excluding hydrogens is 548 g/mol. The summed E-state index contributed by atoms with van der Waals surface area (Å²) in [6, 6.07) is 23.8. The molecule has 0 aromatic heterocycles. The Morgan fingerprint density at radius 2 is 1.14 bits per heavy atom. The molecule has 0 aliphatic heterocycles. The van der Waals surface area contributed by atoms with Crippen LogP contribution < -0.4 is 0 Å². The molecule has 7 heteroatoms. The first-order valence-corrected chi connectivity index (χ1v) is 12.4. The molecule has 0 spiro atoms. The minimum Gasteiger partial charge on any atom is -0.500 e. The summed E-state index contributed by atoms with van der Waals surface area (Å²) >= 11 is 3.26. The van der Waals surface area contributed by atoms with Crippen molar-refractivity contribution in [2.75, 3.05) is 11.9 Å². The minimum atomic E-state index is -0.638. The molecule has 0 aliphatic rings. The van der Waals surface area contributed by atoms with Crippen LogP contribution in [0.4, 0.5) is 17.6 Å². The van der Waals surface area contributed by atoms with Crippen LogP contribution in [0.1, 0.15) is 28.2 Å². The highest BCUT2D eigenvalue weighted by Gasteiger charge is 2.14. The van der Waals surface area contributed by atoms with Crippen LogP contribution >= 0.6 is 15.9 Å². The number of carbonyl (C=O) groups is 1. The highest BCUT2D eigenvalue weighted by Crippen LogP contribution is 2.25. The second-order valence-corrected chi connectivity index (χ2v) is 8.63. The van der Waals surface area contributed by atoms with Gasteiger partial charge in [0.25, 0.3) is 0 Å². The lowest BCUT2D eigenvalue weighted by atomic mass is 9.92. The molecule has 4 aromatic carbocycles. The molecule has 0 radical (unpaired) electrons. The van der Waals surface area contributed by atoms with E-state index in [1.807, 2.05) is 0 Å². The summed E-state index contributed by atoms with van der Waals surface area (Å²) in [6.07, 6.45) is 2.22. The summed E-state index contributed by atoms with van der Waals surface area (Å²) in [5.74, 6) is -2.14. The molecule has 0 saturated heterocycles. The van der Waals surface area contributed by atoms with Crippen LogP contribution in [0.15, 0.2) is 103 Å². The smallest absolute Gasteiger partial charge is 0.131 e. The molecule has 37 heavy (non-hydrogen) atoms. The van der Waals surface area contributed by atoms with Crippen LogP contribution in [-0.2, 0) is 9.53 Å². The predicted molar refractivity (Wildman–Crippen MR) is 140 cm³/mol. The van der Waals surface area contributed by atoms with E-state index in [-0.39, 0.29) is 11.6 Å². The van der Waals surface area contributed by atoms with Crippen LogP contribution in [0, 0.1) is 23.3 Å². The maximum absolute atomic E-state index is 13.4. The van der Waals surface area contributed by atoms with E-state index in [0.29, 0.717) is 46.1 Å². The van der Waals surface area contributed by atoms with Crippen molar-refractivity contribution in [2.24, 2.45) is 0 Å². The third kappa shape index (κ3) is 8.43. The van der Waals surface area contributed by atoms with Crippen LogP contribution in [0.25, 0.3) is 5.57 Å². The first kappa shape index (κ1) is 27.9. The Morgan fingerprint density at radius 1 is 0.703 bits per heavy atom. The number of rotatable bonds is 8. The van der Waals surface area contributed by atoms with Gasteiger partial charge >= 0.3 is 0 Å². The molecule has 0 aliphatic carbocycles. The van der Waals surface area contributed by atoms with Crippen molar-refractivity contribution in [3.05, 3.63) is 149 Å². The van der Waals surface area contributed by atoms with Gasteiger partial charge in [-0.3, -0.25) is 0 Å². The van der Waals surface area contributed by atoms with E-state index in [1.165, 1.54) is 66.9 Å². The Hall–Kier alpha value is -3.71. The Morgan fingerprint density at radius 3 is 1.51 bits per heavy atom. The fourth-order valence-corrected chi connectivity index (χ4v) is 3.74. The van der Waals surface area contributed by atoms with Gasteiger partial charge < -0.3 is 9.53 Å². The fraction of sp³-hybridized carbons (Fsp3) is 0.100. The van der Waals surface area contributed by atoms with Crippen molar-refractivity contribution < 1.29 is 27.1 Å². The molecule has 2 nitrogen and oxygen atoms in total. The van der Waals surface area contributed by atoms with Crippen LogP contribution in [0.3, 0.4) is 0 Å². The first-order valence-electron chi connectivity index (χ1n) is 11.3. The molecule has 0 bridgehead atoms. The first-order chi connectivity index (χ1) is 17.9. The molecule has 0 atom stereocenters. The van der Waals surface area contributed by atoms with E-state index in [1.54, 1.807) is 36.4 Å². The van der Waals surface area contributed by atoms with Gasteiger partial charge in [0.15, 0.2) is 0 Å². The molecule has 0 saturated carbocycles. The average Bonchev–Trinajstić information content (AvgIpc) is 2.88. The summed E-state index contributed by atoms with van der Waals surface area (Å²) in [5.41, 5.74) is 2.97. The van der Waals surface area contributed by atoms with Gasteiger partial charge in [0, 0.05) is 10.9 Å². The lowest BCUT2D eigenvalue weighted by molar-refractivity contribution is -0.108. The fourth-order valence-electron chi connectivity index (χ4n) is 3.55. The Labute approximate surface area is 221 Å². The van der Waals surface area contributed by atoms with E-state index in [9.17, 15) is 22.4 Å². The summed E-state index contributed by atoms with van der Waals surface area (Å²) in [4.78, 5) is 11.1. The molecule has 0 N–H and O–H groups in total. The largest absolute Gasteiger partial charge is 0.500 e. The van der Waals surface area contributed by atoms with Crippen LogP contribution in [0.2, 0.25) is 0 Å². The zero-order valence-corrected chi connectivity index (χ0v) is 21.2. The van der Waals surface area contributed by atoms with Crippen molar-refractivity contribution in [3.63, 3.8) is 0 Å². The molecule has 4 aromatic rings. The van der Waals surface area contributed by atoms with Crippen molar-refractivity contribution in [3.8, 4) is 0 Å². The molecule has 0 unspecified atom stereocenters. The second-order valence-electron chi connectivity index (χ2n) is 7.84. The van der Waals surface area contributed by atoms with Crippen LogP contribution in [0.5, 0.6) is 0 Å². The Kier molecular flexibility index (Phi) is 10.6.